The lowest BCUT2D eigenvalue weighted by Crippen LogP contribution is -2.75. The minimum absolute atomic E-state index is 0.0713. The molecule has 5 atom stereocenters. The van der Waals surface area contributed by atoms with E-state index in [1.807, 2.05) is 6.92 Å². The van der Waals surface area contributed by atoms with E-state index < -0.39 is 11.6 Å². The Balaban J connectivity index is 1.80. The second-order valence-corrected chi connectivity index (χ2v) is 8.81. The number of hydrogen-bond donors (Lipinski definition) is 1. The zero-order valence-corrected chi connectivity index (χ0v) is 14.8. The Labute approximate surface area is 138 Å². The van der Waals surface area contributed by atoms with E-state index in [-0.39, 0.29) is 17.3 Å². The number of carbonyl (C=O) groups excluding carboxylic acids is 1. The normalized spacial score (nSPS) is 46.4. The number of ether oxygens (including phenoxy) is 1. The first-order valence-electron chi connectivity index (χ1n) is 9.05. The first kappa shape index (κ1) is 15.8. The van der Waals surface area contributed by atoms with Gasteiger partial charge in [-0.05, 0) is 38.0 Å². The molecule has 0 saturated carbocycles. The van der Waals surface area contributed by atoms with Gasteiger partial charge in [0.2, 0.25) is 0 Å². The molecule has 0 aromatic heterocycles. The lowest BCUT2D eigenvalue weighted by molar-refractivity contribution is -0.228. The third-order valence-electron chi connectivity index (χ3n) is 7.51. The molecular weight excluding hydrogens is 290 g/mol. The van der Waals surface area contributed by atoms with Gasteiger partial charge >= 0.3 is 0 Å². The summed E-state index contributed by atoms with van der Waals surface area (Å²) < 4.78 is 5.66. The molecule has 4 nitrogen and oxygen atoms in total. The molecule has 4 rings (SSSR count). The molecule has 0 radical (unpaired) electrons. The highest BCUT2D eigenvalue weighted by atomic mass is 16.5. The van der Waals surface area contributed by atoms with Crippen molar-refractivity contribution in [3.8, 4) is 0 Å². The number of rotatable bonds is 0. The maximum Gasteiger partial charge on any atom is 0.159 e. The Morgan fingerprint density at radius 1 is 1.30 bits per heavy atom. The molecule has 2 bridgehead atoms. The largest absolute Gasteiger partial charge is 0.391 e. The fourth-order valence-electron chi connectivity index (χ4n) is 5.46. The van der Waals surface area contributed by atoms with Gasteiger partial charge in [0.25, 0.3) is 0 Å². The van der Waals surface area contributed by atoms with Gasteiger partial charge in [0.05, 0.1) is 24.9 Å². The average molecular weight is 319 g/mol. The summed E-state index contributed by atoms with van der Waals surface area (Å²) in [4.78, 5) is 15.6. The highest BCUT2D eigenvalue weighted by Gasteiger charge is 2.59. The van der Waals surface area contributed by atoms with Crippen LogP contribution in [0.15, 0.2) is 11.1 Å². The van der Waals surface area contributed by atoms with E-state index in [2.05, 4.69) is 25.7 Å². The van der Waals surface area contributed by atoms with Crippen LogP contribution in [0.3, 0.4) is 0 Å². The third kappa shape index (κ3) is 1.98. The van der Waals surface area contributed by atoms with E-state index >= 15 is 0 Å². The fourth-order valence-corrected chi connectivity index (χ4v) is 5.46. The second kappa shape index (κ2) is 4.90. The number of aliphatic hydroxyl groups is 1. The van der Waals surface area contributed by atoms with Crippen molar-refractivity contribution in [2.45, 2.75) is 77.2 Å². The minimum atomic E-state index is -0.747. The Morgan fingerprint density at radius 3 is 2.70 bits per heavy atom. The molecular formula is C19H29NO3. The number of aliphatic hydroxyl groups excluding tert-OH is 1. The maximum atomic E-state index is 13.3. The SMILES string of the molecule is CC1=C2CC(=O)C3(C)C(O)CC4OCC4N3CC(CC1)C2(C)C. The molecule has 1 aliphatic carbocycles. The van der Waals surface area contributed by atoms with Gasteiger partial charge in [-0.1, -0.05) is 25.0 Å². The van der Waals surface area contributed by atoms with Crippen LogP contribution >= 0.6 is 0 Å². The van der Waals surface area contributed by atoms with Gasteiger partial charge in [-0.2, -0.15) is 0 Å². The summed E-state index contributed by atoms with van der Waals surface area (Å²) in [7, 11) is 0. The third-order valence-corrected chi connectivity index (χ3v) is 7.51. The Morgan fingerprint density at radius 2 is 2.04 bits per heavy atom. The van der Waals surface area contributed by atoms with E-state index in [0.29, 0.717) is 31.4 Å². The number of carbonyl (C=O) groups is 1. The summed E-state index contributed by atoms with van der Waals surface area (Å²) in [6.45, 7) is 10.4. The number of allylic oxidation sites excluding steroid dienone is 2. The smallest absolute Gasteiger partial charge is 0.159 e. The standard InChI is InChI=1S/C19H29NO3/c1-11-5-6-12-9-20-14-10-23-15(14)8-17(22)19(20,4)16(21)7-13(11)18(12,2)3/h12,14-15,17,22H,5-10H2,1-4H3. The van der Waals surface area contributed by atoms with Crippen molar-refractivity contribution in [1.29, 1.82) is 0 Å². The van der Waals surface area contributed by atoms with Crippen molar-refractivity contribution in [2.75, 3.05) is 13.2 Å². The summed E-state index contributed by atoms with van der Waals surface area (Å²) >= 11 is 0. The van der Waals surface area contributed by atoms with Gasteiger partial charge in [-0.25, -0.2) is 0 Å². The topological polar surface area (TPSA) is 49.8 Å². The second-order valence-electron chi connectivity index (χ2n) is 8.81. The average Bonchev–Trinajstić information content (AvgIpc) is 2.46. The molecule has 4 heteroatoms. The van der Waals surface area contributed by atoms with E-state index in [4.69, 9.17) is 4.74 Å². The van der Waals surface area contributed by atoms with Crippen LogP contribution in [0.2, 0.25) is 0 Å². The number of piperidine rings is 1. The predicted molar refractivity (Wildman–Crippen MR) is 88.1 cm³/mol. The summed E-state index contributed by atoms with van der Waals surface area (Å²) in [5.41, 5.74) is 2.05. The Bertz CT molecular complexity index is 581. The molecule has 0 amide bonds. The van der Waals surface area contributed by atoms with Gasteiger partial charge in [-0.15, -0.1) is 0 Å². The van der Waals surface area contributed by atoms with Crippen LogP contribution in [0, 0.1) is 11.3 Å². The fraction of sp³-hybridized carbons (Fsp3) is 0.842. The first-order valence-corrected chi connectivity index (χ1v) is 9.05. The van der Waals surface area contributed by atoms with E-state index in [9.17, 15) is 9.90 Å². The van der Waals surface area contributed by atoms with Crippen LogP contribution in [-0.4, -0.2) is 52.7 Å². The molecule has 3 heterocycles. The van der Waals surface area contributed by atoms with Crippen molar-refractivity contribution >= 4 is 5.78 Å². The number of nitrogens with zero attached hydrogens (tertiary/aromatic N) is 1. The van der Waals surface area contributed by atoms with Crippen molar-refractivity contribution in [3.63, 3.8) is 0 Å². The predicted octanol–water partition coefficient (Wildman–Crippen LogP) is 2.30. The molecule has 0 aromatic carbocycles. The molecule has 3 fully saturated rings. The number of hydrogen-bond acceptors (Lipinski definition) is 4. The number of fused-ring (bicyclic) bond motifs is 5. The van der Waals surface area contributed by atoms with E-state index in [1.54, 1.807) is 0 Å². The van der Waals surface area contributed by atoms with Gasteiger partial charge in [-0.3, -0.25) is 9.69 Å². The summed E-state index contributed by atoms with van der Waals surface area (Å²) in [5, 5.41) is 10.8. The molecule has 0 aromatic rings. The van der Waals surface area contributed by atoms with E-state index in [1.165, 1.54) is 17.6 Å². The van der Waals surface area contributed by atoms with Crippen molar-refractivity contribution in [1.82, 2.24) is 4.90 Å². The molecule has 3 aliphatic heterocycles. The monoisotopic (exact) mass is 319 g/mol. The van der Waals surface area contributed by atoms with Gasteiger partial charge in [0, 0.05) is 19.4 Å². The van der Waals surface area contributed by atoms with Crippen molar-refractivity contribution in [3.05, 3.63) is 11.1 Å². The summed E-state index contributed by atoms with van der Waals surface area (Å²) in [6, 6.07) is 0.303. The molecule has 3 saturated heterocycles. The van der Waals surface area contributed by atoms with Crippen LogP contribution in [0.4, 0.5) is 0 Å². The zero-order valence-electron chi connectivity index (χ0n) is 14.8. The van der Waals surface area contributed by atoms with Crippen molar-refractivity contribution in [2.24, 2.45) is 11.3 Å². The highest BCUT2D eigenvalue weighted by molar-refractivity contribution is 5.91. The maximum absolute atomic E-state index is 13.3. The molecule has 0 spiro atoms. The highest BCUT2D eigenvalue weighted by Crippen LogP contribution is 2.51. The summed E-state index contributed by atoms with van der Waals surface area (Å²) in [5.74, 6) is 0.735. The Hall–Kier alpha value is -0.710. The lowest BCUT2D eigenvalue weighted by Gasteiger charge is -2.61. The summed E-state index contributed by atoms with van der Waals surface area (Å²) in [6.07, 6.45) is 2.85. The number of Topliss-reactive ketones (excluding diaryl/α,β-unsaturated/α-hetero) is 1. The van der Waals surface area contributed by atoms with Gasteiger partial charge in [0.1, 0.15) is 5.54 Å². The van der Waals surface area contributed by atoms with Crippen molar-refractivity contribution < 1.29 is 14.6 Å². The number of ketones is 1. The van der Waals surface area contributed by atoms with Crippen LogP contribution in [-0.2, 0) is 9.53 Å². The molecule has 23 heavy (non-hydrogen) atoms. The quantitative estimate of drug-likeness (QED) is 0.696. The molecule has 5 unspecified atom stereocenters. The minimum Gasteiger partial charge on any atom is -0.391 e. The van der Waals surface area contributed by atoms with Crippen LogP contribution in [0.5, 0.6) is 0 Å². The van der Waals surface area contributed by atoms with Gasteiger partial charge in [0.15, 0.2) is 5.78 Å². The lowest BCUT2D eigenvalue weighted by atomic mass is 9.60. The van der Waals surface area contributed by atoms with Crippen LogP contribution < -0.4 is 0 Å². The molecule has 4 aliphatic rings. The van der Waals surface area contributed by atoms with E-state index in [0.717, 1.165) is 13.0 Å². The zero-order chi connectivity index (χ0) is 16.6. The molecule has 1 N–H and O–H groups in total. The van der Waals surface area contributed by atoms with Crippen LogP contribution in [0.25, 0.3) is 0 Å². The van der Waals surface area contributed by atoms with Gasteiger partial charge < -0.3 is 9.84 Å². The molecule has 128 valence electrons. The van der Waals surface area contributed by atoms with Crippen LogP contribution in [0.1, 0.15) is 53.4 Å². The first-order chi connectivity index (χ1) is 10.8. The Kier molecular flexibility index (Phi) is 3.37.